The second-order valence-corrected chi connectivity index (χ2v) is 5.37. The number of pyridine rings is 1. The van der Waals surface area contributed by atoms with Crippen molar-refractivity contribution in [3.8, 4) is 0 Å². The molecule has 0 unspecified atom stereocenters. The van der Waals surface area contributed by atoms with Crippen LogP contribution in [0.5, 0.6) is 0 Å². The maximum absolute atomic E-state index is 12.8. The predicted octanol–water partition coefficient (Wildman–Crippen LogP) is 1.76. The Morgan fingerprint density at radius 3 is 3.09 bits per heavy atom. The SMILES string of the molecule is O=C(Nc1ccc(F)cn1)N1CCC[C@H](Cn2ccnn2)C1. The number of aromatic nitrogens is 4. The third-order valence-corrected chi connectivity index (χ3v) is 3.69. The average molecular weight is 304 g/mol. The minimum Gasteiger partial charge on any atom is -0.324 e. The van der Waals surface area contributed by atoms with Crippen molar-refractivity contribution < 1.29 is 9.18 Å². The number of rotatable bonds is 3. The van der Waals surface area contributed by atoms with Crippen LogP contribution in [-0.4, -0.2) is 44.0 Å². The molecule has 3 heterocycles. The second-order valence-electron chi connectivity index (χ2n) is 5.37. The minimum absolute atomic E-state index is 0.206. The van der Waals surface area contributed by atoms with Gasteiger partial charge in [0.15, 0.2) is 0 Å². The van der Waals surface area contributed by atoms with Gasteiger partial charge in [0.05, 0.1) is 12.4 Å². The molecule has 1 atom stereocenters. The maximum atomic E-state index is 12.8. The first-order valence-corrected chi connectivity index (χ1v) is 7.22. The Labute approximate surface area is 127 Å². The largest absolute Gasteiger partial charge is 0.324 e. The van der Waals surface area contributed by atoms with Gasteiger partial charge >= 0.3 is 6.03 Å². The number of hydrogen-bond donors (Lipinski definition) is 1. The van der Waals surface area contributed by atoms with E-state index in [1.165, 1.54) is 12.1 Å². The van der Waals surface area contributed by atoms with E-state index < -0.39 is 5.82 Å². The van der Waals surface area contributed by atoms with Crippen molar-refractivity contribution in [1.82, 2.24) is 24.9 Å². The highest BCUT2D eigenvalue weighted by atomic mass is 19.1. The number of nitrogens with one attached hydrogen (secondary N) is 1. The Balaban J connectivity index is 1.56. The van der Waals surface area contributed by atoms with Crippen molar-refractivity contribution in [2.24, 2.45) is 5.92 Å². The molecular weight excluding hydrogens is 287 g/mol. The van der Waals surface area contributed by atoms with Gasteiger partial charge in [-0.05, 0) is 30.9 Å². The van der Waals surface area contributed by atoms with Crippen molar-refractivity contribution in [3.63, 3.8) is 0 Å². The van der Waals surface area contributed by atoms with Gasteiger partial charge in [-0.1, -0.05) is 5.21 Å². The molecule has 1 N–H and O–H groups in total. The molecule has 22 heavy (non-hydrogen) atoms. The number of nitrogens with zero attached hydrogens (tertiary/aromatic N) is 5. The summed E-state index contributed by atoms with van der Waals surface area (Å²) < 4.78 is 14.6. The number of piperidine rings is 1. The van der Waals surface area contributed by atoms with E-state index in [9.17, 15) is 9.18 Å². The smallest absolute Gasteiger partial charge is 0.323 e. The van der Waals surface area contributed by atoms with E-state index in [0.717, 1.165) is 25.6 Å². The summed E-state index contributed by atoms with van der Waals surface area (Å²) in [5, 5.41) is 10.4. The summed E-state index contributed by atoms with van der Waals surface area (Å²) in [6.07, 6.45) is 6.55. The molecule has 0 spiro atoms. The topological polar surface area (TPSA) is 75.9 Å². The molecule has 1 aliphatic heterocycles. The molecule has 2 aromatic heterocycles. The van der Waals surface area contributed by atoms with Gasteiger partial charge in [0.2, 0.25) is 0 Å². The number of urea groups is 1. The van der Waals surface area contributed by atoms with Gasteiger partial charge in [-0.25, -0.2) is 14.2 Å². The quantitative estimate of drug-likeness (QED) is 0.937. The minimum atomic E-state index is -0.427. The Morgan fingerprint density at radius 2 is 2.36 bits per heavy atom. The van der Waals surface area contributed by atoms with Gasteiger partial charge in [-0.15, -0.1) is 5.10 Å². The molecular formula is C14H17FN6O. The zero-order chi connectivity index (χ0) is 15.4. The fraction of sp³-hybridized carbons (Fsp3) is 0.429. The molecule has 7 nitrogen and oxygen atoms in total. The highest BCUT2D eigenvalue weighted by Gasteiger charge is 2.24. The highest BCUT2D eigenvalue weighted by molar-refractivity contribution is 5.88. The van der Waals surface area contributed by atoms with E-state index in [2.05, 4.69) is 20.6 Å². The Morgan fingerprint density at radius 1 is 1.45 bits per heavy atom. The van der Waals surface area contributed by atoms with Crippen LogP contribution in [0.3, 0.4) is 0 Å². The molecule has 0 radical (unpaired) electrons. The summed E-state index contributed by atoms with van der Waals surface area (Å²) in [4.78, 5) is 17.8. The highest BCUT2D eigenvalue weighted by Crippen LogP contribution is 2.19. The molecule has 2 amide bonds. The number of amides is 2. The van der Waals surface area contributed by atoms with Gasteiger partial charge in [-0.3, -0.25) is 10.00 Å². The summed E-state index contributed by atoms with van der Waals surface area (Å²) in [7, 11) is 0. The zero-order valence-corrected chi connectivity index (χ0v) is 12.0. The summed E-state index contributed by atoms with van der Waals surface area (Å²) in [5.74, 6) is 0.274. The first kappa shape index (κ1) is 14.4. The van der Waals surface area contributed by atoms with E-state index >= 15 is 0 Å². The Kier molecular flexibility index (Phi) is 4.27. The second kappa shape index (κ2) is 6.50. The van der Waals surface area contributed by atoms with Crippen LogP contribution >= 0.6 is 0 Å². The van der Waals surface area contributed by atoms with Crippen molar-refractivity contribution in [1.29, 1.82) is 0 Å². The number of anilines is 1. The van der Waals surface area contributed by atoms with E-state index in [1.807, 2.05) is 6.20 Å². The first-order valence-electron chi connectivity index (χ1n) is 7.22. The molecule has 8 heteroatoms. The Hall–Kier alpha value is -2.51. The van der Waals surface area contributed by atoms with Crippen LogP contribution in [0, 0.1) is 11.7 Å². The van der Waals surface area contributed by atoms with E-state index in [-0.39, 0.29) is 6.03 Å². The van der Waals surface area contributed by atoms with E-state index in [0.29, 0.717) is 24.8 Å². The van der Waals surface area contributed by atoms with Gasteiger partial charge in [0, 0.05) is 25.8 Å². The molecule has 3 rings (SSSR count). The van der Waals surface area contributed by atoms with Gasteiger partial charge in [0.25, 0.3) is 0 Å². The number of carbonyl (C=O) groups is 1. The van der Waals surface area contributed by atoms with Gasteiger partial charge in [-0.2, -0.15) is 0 Å². The third kappa shape index (κ3) is 3.57. The maximum Gasteiger partial charge on any atom is 0.323 e. The number of carbonyl (C=O) groups excluding carboxylic acids is 1. The summed E-state index contributed by atoms with van der Waals surface area (Å²) in [5.41, 5.74) is 0. The molecule has 1 aliphatic rings. The molecule has 2 aromatic rings. The Bertz CT molecular complexity index is 615. The third-order valence-electron chi connectivity index (χ3n) is 3.69. The fourth-order valence-corrected chi connectivity index (χ4v) is 2.63. The van der Waals surface area contributed by atoms with Gasteiger partial charge < -0.3 is 4.90 Å². The van der Waals surface area contributed by atoms with Crippen LogP contribution in [0.25, 0.3) is 0 Å². The normalized spacial score (nSPS) is 18.2. The van der Waals surface area contributed by atoms with Crippen LogP contribution in [0.15, 0.2) is 30.7 Å². The molecule has 1 saturated heterocycles. The summed E-state index contributed by atoms with van der Waals surface area (Å²) in [6.45, 7) is 2.12. The van der Waals surface area contributed by atoms with Crippen LogP contribution in [0.4, 0.5) is 15.0 Å². The van der Waals surface area contributed by atoms with Crippen molar-refractivity contribution in [2.75, 3.05) is 18.4 Å². The molecule has 116 valence electrons. The molecule has 0 aromatic carbocycles. The number of halogens is 1. The number of likely N-dealkylation sites (tertiary alicyclic amines) is 1. The monoisotopic (exact) mass is 304 g/mol. The van der Waals surface area contributed by atoms with Crippen LogP contribution in [-0.2, 0) is 6.54 Å². The lowest BCUT2D eigenvalue weighted by molar-refractivity contribution is 0.168. The van der Waals surface area contributed by atoms with Gasteiger partial charge in [0.1, 0.15) is 11.6 Å². The van der Waals surface area contributed by atoms with Crippen LogP contribution in [0.2, 0.25) is 0 Å². The summed E-state index contributed by atoms with van der Waals surface area (Å²) in [6, 6.07) is 2.51. The summed E-state index contributed by atoms with van der Waals surface area (Å²) >= 11 is 0. The van der Waals surface area contributed by atoms with Crippen molar-refractivity contribution in [3.05, 3.63) is 36.5 Å². The average Bonchev–Trinajstić information content (AvgIpc) is 3.03. The lowest BCUT2D eigenvalue weighted by atomic mass is 9.98. The molecule has 0 saturated carbocycles. The fourth-order valence-electron chi connectivity index (χ4n) is 2.63. The van der Waals surface area contributed by atoms with E-state index in [4.69, 9.17) is 0 Å². The van der Waals surface area contributed by atoms with Crippen LogP contribution in [0.1, 0.15) is 12.8 Å². The zero-order valence-electron chi connectivity index (χ0n) is 12.0. The lowest BCUT2D eigenvalue weighted by Gasteiger charge is -2.32. The lowest BCUT2D eigenvalue weighted by Crippen LogP contribution is -2.43. The van der Waals surface area contributed by atoms with Crippen molar-refractivity contribution in [2.45, 2.75) is 19.4 Å². The predicted molar refractivity (Wildman–Crippen MR) is 77.5 cm³/mol. The van der Waals surface area contributed by atoms with Crippen LogP contribution < -0.4 is 5.32 Å². The first-order chi connectivity index (χ1) is 10.7. The number of hydrogen-bond acceptors (Lipinski definition) is 4. The van der Waals surface area contributed by atoms with E-state index in [1.54, 1.807) is 15.8 Å². The molecule has 1 fully saturated rings. The van der Waals surface area contributed by atoms with Crippen molar-refractivity contribution >= 4 is 11.8 Å². The molecule has 0 bridgehead atoms. The standard InChI is InChI=1S/C14H17FN6O/c15-12-3-4-13(16-8-12)18-14(22)20-6-1-2-11(9-20)10-21-7-5-17-19-21/h3-5,7-8,11H,1-2,6,9-10H2,(H,16,18,22)/t11-/m0/s1. The molecule has 0 aliphatic carbocycles.